The molecular formula is C17H14ClF3N2O. The van der Waals surface area contributed by atoms with Crippen LogP contribution in [0.1, 0.15) is 11.1 Å². The molecule has 1 atom stereocenters. The Kier molecular flexibility index (Phi) is 4.51. The standard InChI is InChI=1S/C17H14ClF3N2O/c18-12-6-7-14-13(8-12)16(11-4-2-1-3-5-11)22-9-15(24)23(14)10-17(19,20)21/h1-8,15,24H,9-10H2. The molecule has 0 spiro atoms. The van der Waals surface area contributed by atoms with Crippen LogP contribution in [0.25, 0.3) is 0 Å². The molecule has 2 aromatic rings. The van der Waals surface area contributed by atoms with Crippen molar-refractivity contribution in [2.45, 2.75) is 12.4 Å². The number of aliphatic hydroxyl groups excluding tert-OH is 1. The van der Waals surface area contributed by atoms with Gasteiger partial charge in [0.15, 0.2) is 0 Å². The average Bonchev–Trinajstić information content (AvgIpc) is 2.65. The predicted octanol–water partition coefficient (Wildman–Crippen LogP) is 3.88. The molecular weight excluding hydrogens is 341 g/mol. The Morgan fingerprint density at radius 2 is 1.88 bits per heavy atom. The molecule has 0 aliphatic carbocycles. The van der Waals surface area contributed by atoms with Crippen LogP contribution in [0.3, 0.4) is 0 Å². The van der Waals surface area contributed by atoms with Crippen LogP contribution in [-0.4, -0.2) is 36.3 Å². The van der Waals surface area contributed by atoms with Gasteiger partial charge in [-0.2, -0.15) is 13.2 Å². The van der Waals surface area contributed by atoms with Crippen LogP contribution < -0.4 is 4.90 Å². The number of rotatable bonds is 2. The Morgan fingerprint density at radius 3 is 2.54 bits per heavy atom. The van der Waals surface area contributed by atoms with Gasteiger partial charge in [-0.1, -0.05) is 41.9 Å². The summed E-state index contributed by atoms with van der Waals surface area (Å²) in [5.41, 5.74) is 1.98. The fourth-order valence-corrected chi connectivity index (χ4v) is 2.86. The highest BCUT2D eigenvalue weighted by Crippen LogP contribution is 2.32. The van der Waals surface area contributed by atoms with Gasteiger partial charge < -0.3 is 10.0 Å². The maximum Gasteiger partial charge on any atom is 0.406 e. The summed E-state index contributed by atoms with van der Waals surface area (Å²) in [5.74, 6) is 0. The monoisotopic (exact) mass is 354 g/mol. The van der Waals surface area contributed by atoms with E-state index in [0.717, 1.165) is 10.5 Å². The summed E-state index contributed by atoms with van der Waals surface area (Å²) in [6.07, 6.45) is -5.82. The van der Waals surface area contributed by atoms with Crippen molar-refractivity contribution in [1.29, 1.82) is 0 Å². The summed E-state index contributed by atoms with van der Waals surface area (Å²) >= 11 is 6.04. The van der Waals surface area contributed by atoms with Crippen molar-refractivity contribution in [2.24, 2.45) is 4.99 Å². The van der Waals surface area contributed by atoms with E-state index in [4.69, 9.17) is 11.6 Å². The first kappa shape index (κ1) is 16.8. The summed E-state index contributed by atoms with van der Waals surface area (Å²) in [6.45, 7) is -1.42. The number of fused-ring (bicyclic) bond motifs is 1. The Hall–Kier alpha value is -2.05. The first-order valence-electron chi connectivity index (χ1n) is 7.26. The van der Waals surface area contributed by atoms with Gasteiger partial charge in [0.1, 0.15) is 12.8 Å². The van der Waals surface area contributed by atoms with E-state index in [1.54, 1.807) is 6.07 Å². The molecule has 24 heavy (non-hydrogen) atoms. The molecule has 1 aliphatic rings. The molecule has 0 radical (unpaired) electrons. The molecule has 0 fully saturated rings. The predicted molar refractivity (Wildman–Crippen MR) is 87.8 cm³/mol. The number of halogens is 4. The third kappa shape index (κ3) is 3.55. The van der Waals surface area contributed by atoms with Crippen molar-refractivity contribution in [2.75, 3.05) is 18.0 Å². The van der Waals surface area contributed by atoms with E-state index < -0.39 is 18.9 Å². The lowest BCUT2D eigenvalue weighted by molar-refractivity contribution is -0.123. The van der Waals surface area contributed by atoms with E-state index in [-0.39, 0.29) is 12.2 Å². The summed E-state index contributed by atoms with van der Waals surface area (Å²) in [6, 6.07) is 13.7. The van der Waals surface area contributed by atoms with Crippen LogP contribution in [0.4, 0.5) is 18.9 Å². The van der Waals surface area contributed by atoms with Crippen molar-refractivity contribution < 1.29 is 18.3 Å². The zero-order valence-corrected chi connectivity index (χ0v) is 13.2. The molecule has 1 unspecified atom stereocenters. The lowest BCUT2D eigenvalue weighted by Crippen LogP contribution is -2.43. The Morgan fingerprint density at radius 1 is 1.17 bits per heavy atom. The zero-order valence-electron chi connectivity index (χ0n) is 12.5. The molecule has 0 bridgehead atoms. The second-order valence-corrected chi connectivity index (χ2v) is 5.88. The molecule has 0 amide bonds. The molecule has 3 rings (SSSR count). The summed E-state index contributed by atoms with van der Waals surface area (Å²) < 4.78 is 38.8. The van der Waals surface area contributed by atoms with Gasteiger partial charge in [0.25, 0.3) is 0 Å². The molecule has 0 saturated carbocycles. The second-order valence-electron chi connectivity index (χ2n) is 5.44. The van der Waals surface area contributed by atoms with E-state index in [9.17, 15) is 18.3 Å². The van der Waals surface area contributed by atoms with E-state index >= 15 is 0 Å². The number of aliphatic imine (C=N–C) groups is 1. The highest BCUT2D eigenvalue weighted by Gasteiger charge is 2.36. The second kappa shape index (κ2) is 6.45. The van der Waals surface area contributed by atoms with Crippen molar-refractivity contribution in [3.05, 3.63) is 64.7 Å². The third-order valence-electron chi connectivity index (χ3n) is 3.69. The minimum atomic E-state index is -4.45. The van der Waals surface area contributed by atoms with Gasteiger partial charge in [-0.3, -0.25) is 4.99 Å². The summed E-state index contributed by atoms with van der Waals surface area (Å²) in [5, 5.41) is 10.6. The van der Waals surface area contributed by atoms with Crippen LogP contribution in [0.15, 0.2) is 53.5 Å². The van der Waals surface area contributed by atoms with Gasteiger partial charge in [0.05, 0.1) is 12.3 Å². The maximum absolute atomic E-state index is 12.9. The van der Waals surface area contributed by atoms with Gasteiger partial charge in [-0.05, 0) is 18.2 Å². The lowest BCUT2D eigenvalue weighted by Gasteiger charge is -2.30. The number of alkyl halides is 3. The van der Waals surface area contributed by atoms with Crippen molar-refractivity contribution >= 4 is 23.0 Å². The normalized spacial score (nSPS) is 18.0. The average molecular weight is 355 g/mol. The molecule has 1 N–H and O–H groups in total. The quantitative estimate of drug-likeness (QED) is 0.888. The molecule has 7 heteroatoms. The van der Waals surface area contributed by atoms with Crippen molar-refractivity contribution in [3.63, 3.8) is 0 Å². The van der Waals surface area contributed by atoms with Gasteiger partial charge in [-0.15, -0.1) is 0 Å². The number of aliphatic hydroxyl groups is 1. The number of benzodiazepines with no additional fused rings is 1. The Balaban J connectivity index is 2.14. The number of hydrogen-bond acceptors (Lipinski definition) is 3. The van der Waals surface area contributed by atoms with Crippen LogP contribution in [-0.2, 0) is 0 Å². The van der Waals surface area contributed by atoms with Crippen LogP contribution in [0.2, 0.25) is 5.02 Å². The van der Waals surface area contributed by atoms with Crippen molar-refractivity contribution in [3.8, 4) is 0 Å². The molecule has 0 saturated heterocycles. The molecule has 1 aliphatic heterocycles. The molecule has 1 heterocycles. The smallest absolute Gasteiger partial charge is 0.372 e. The first-order valence-corrected chi connectivity index (χ1v) is 7.64. The SMILES string of the molecule is OC1CN=C(c2ccccc2)c2cc(Cl)ccc2N1CC(F)(F)F. The fraction of sp³-hybridized carbons (Fsp3) is 0.235. The minimum Gasteiger partial charge on any atom is -0.372 e. The highest BCUT2D eigenvalue weighted by atomic mass is 35.5. The molecule has 0 aromatic heterocycles. The number of benzene rings is 2. The third-order valence-corrected chi connectivity index (χ3v) is 3.93. The fourth-order valence-electron chi connectivity index (χ4n) is 2.69. The van der Waals surface area contributed by atoms with E-state index in [0.29, 0.717) is 16.3 Å². The van der Waals surface area contributed by atoms with E-state index in [1.807, 2.05) is 30.3 Å². The van der Waals surface area contributed by atoms with Gasteiger partial charge in [0, 0.05) is 21.8 Å². The first-order chi connectivity index (χ1) is 11.3. The molecule has 3 nitrogen and oxygen atoms in total. The minimum absolute atomic E-state index is 0.160. The topological polar surface area (TPSA) is 35.8 Å². The summed E-state index contributed by atoms with van der Waals surface area (Å²) in [4.78, 5) is 5.24. The number of hydrogen-bond donors (Lipinski definition) is 1. The Labute approximate surface area is 142 Å². The van der Waals surface area contributed by atoms with Crippen LogP contribution in [0.5, 0.6) is 0 Å². The van der Waals surface area contributed by atoms with E-state index in [2.05, 4.69) is 4.99 Å². The largest absolute Gasteiger partial charge is 0.406 e. The van der Waals surface area contributed by atoms with Gasteiger partial charge >= 0.3 is 6.18 Å². The van der Waals surface area contributed by atoms with Crippen LogP contribution >= 0.6 is 11.6 Å². The lowest BCUT2D eigenvalue weighted by atomic mass is 10.00. The highest BCUT2D eigenvalue weighted by molar-refractivity contribution is 6.31. The van der Waals surface area contributed by atoms with Crippen molar-refractivity contribution in [1.82, 2.24) is 0 Å². The van der Waals surface area contributed by atoms with Crippen LogP contribution in [0, 0.1) is 0 Å². The van der Waals surface area contributed by atoms with Gasteiger partial charge in [-0.25, -0.2) is 0 Å². The molecule has 126 valence electrons. The van der Waals surface area contributed by atoms with Gasteiger partial charge in [0.2, 0.25) is 0 Å². The van der Waals surface area contributed by atoms with E-state index in [1.165, 1.54) is 12.1 Å². The number of anilines is 1. The number of nitrogens with zero attached hydrogens (tertiary/aromatic N) is 2. The maximum atomic E-state index is 12.9. The zero-order chi connectivity index (χ0) is 17.3. The molecule has 2 aromatic carbocycles. The Bertz CT molecular complexity index is 762. The summed E-state index contributed by atoms with van der Waals surface area (Å²) in [7, 11) is 0.